The first-order chi connectivity index (χ1) is 9.63. The van der Waals surface area contributed by atoms with Crippen LogP contribution >= 0.6 is 11.3 Å². The minimum atomic E-state index is -0.463. The molecule has 0 unspecified atom stereocenters. The van der Waals surface area contributed by atoms with Crippen LogP contribution in [0.3, 0.4) is 0 Å². The Bertz CT molecular complexity index is 394. The van der Waals surface area contributed by atoms with Crippen LogP contribution in [0.15, 0.2) is 6.20 Å². The average molecular weight is 300 g/mol. The molecule has 20 heavy (non-hydrogen) atoms. The number of hydrogen-bond acceptors (Lipinski definition) is 6. The van der Waals surface area contributed by atoms with Gasteiger partial charge in [-0.3, -0.25) is 4.90 Å². The molecule has 0 radical (unpaired) electrons. The Balaban J connectivity index is 1.59. The van der Waals surface area contributed by atoms with Crippen LogP contribution in [0.25, 0.3) is 0 Å². The monoisotopic (exact) mass is 300 g/mol. The number of hydrogen-bond donors (Lipinski definition) is 1. The third-order valence-corrected chi connectivity index (χ3v) is 4.15. The number of likely N-dealkylation sites (N-methyl/N-ethyl adjacent to an activating group) is 1. The third-order valence-electron chi connectivity index (χ3n) is 3.26. The summed E-state index contributed by atoms with van der Waals surface area (Å²) in [5, 5.41) is 11.0. The Morgan fingerprint density at radius 1 is 1.65 bits per heavy atom. The maximum absolute atomic E-state index is 9.96. The van der Waals surface area contributed by atoms with Crippen LogP contribution in [0.2, 0.25) is 0 Å². The molecule has 2 rings (SSSR count). The molecule has 0 amide bonds. The Kier molecular flexibility index (Phi) is 6.38. The van der Waals surface area contributed by atoms with Crippen LogP contribution in [-0.4, -0.2) is 60.6 Å². The average Bonchev–Trinajstić information content (AvgIpc) is 3.01. The van der Waals surface area contributed by atoms with Gasteiger partial charge in [0.25, 0.3) is 0 Å². The van der Waals surface area contributed by atoms with Gasteiger partial charge in [0.2, 0.25) is 0 Å². The lowest BCUT2D eigenvalue weighted by molar-refractivity contribution is -0.0238. The van der Waals surface area contributed by atoms with E-state index in [0.29, 0.717) is 19.8 Å². The highest BCUT2D eigenvalue weighted by molar-refractivity contribution is 7.11. The van der Waals surface area contributed by atoms with Crippen molar-refractivity contribution >= 4 is 11.3 Å². The standard InChI is InChI=1S/C14H24N2O3S/c1-11-15-6-14(20-11)8-16(2)7-12(17)9-18-10-13-4-3-5-19-13/h6,12-13,17H,3-5,7-10H2,1-2H3/t12-,13-/m0/s1. The number of aliphatic hydroxyl groups is 1. The summed E-state index contributed by atoms with van der Waals surface area (Å²) >= 11 is 1.70. The lowest BCUT2D eigenvalue weighted by Gasteiger charge is -2.20. The first kappa shape index (κ1) is 15.9. The normalized spacial score (nSPS) is 20.7. The molecule has 1 aliphatic rings. The molecule has 0 spiro atoms. The van der Waals surface area contributed by atoms with Crippen molar-refractivity contribution in [2.75, 3.05) is 33.4 Å². The minimum absolute atomic E-state index is 0.222. The smallest absolute Gasteiger partial charge is 0.0900 e. The summed E-state index contributed by atoms with van der Waals surface area (Å²) in [5.74, 6) is 0. The van der Waals surface area contributed by atoms with Crippen molar-refractivity contribution in [3.8, 4) is 0 Å². The van der Waals surface area contributed by atoms with E-state index < -0.39 is 6.10 Å². The van der Waals surface area contributed by atoms with Gasteiger partial charge in [-0.2, -0.15) is 0 Å². The van der Waals surface area contributed by atoms with Crippen LogP contribution in [0.4, 0.5) is 0 Å². The molecule has 1 aromatic rings. The minimum Gasteiger partial charge on any atom is -0.389 e. The molecule has 2 atom stereocenters. The van der Waals surface area contributed by atoms with Gasteiger partial charge in [-0.05, 0) is 26.8 Å². The Labute approximate surface area is 124 Å². The number of aromatic nitrogens is 1. The molecule has 5 nitrogen and oxygen atoms in total. The Morgan fingerprint density at radius 2 is 2.50 bits per heavy atom. The first-order valence-electron chi connectivity index (χ1n) is 7.10. The maximum atomic E-state index is 9.96. The SMILES string of the molecule is Cc1ncc(CN(C)C[C@H](O)COC[C@@H]2CCCO2)s1. The van der Waals surface area contributed by atoms with Gasteiger partial charge in [0.05, 0.1) is 30.4 Å². The van der Waals surface area contributed by atoms with Crippen molar-refractivity contribution in [1.29, 1.82) is 0 Å². The fourth-order valence-corrected chi connectivity index (χ4v) is 3.21. The first-order valence-corrected chi connectivity index (χ1v) is 7.92. The number of thiazole rings is 1. The summed E-state index contributed by atoms with van der Waals surface area (Å²) in [7, 11) is 2.00. The summed E-state index contributed by atoms with van der Waals surface area (Å²) < 4.78 is 11.0. The van der Waals surface area contributed by atoms with E-state index in [2.05, 4.69) is 9.88 Å². The molecule has 1 fully saturated rings. The molecule has 2 heterocycles. The predicted molar refractivity (Wildman–Crippen MR) is 79.0 cm³/mol. The van der Waals surface area contributed by atoms with Gasteiger partial charge in [0.1, 0.15) is 0 Å². The van der Waals surface area contributed by atoms with Crippen LogP contribution in [0.5, 0.6) is 0 Å². The van der Waals surface area contributed by atoms with Gasteiger partial charge in [-0.1, -0.05) is 0 Å². The van der Waals surface area contributed by atoms with Gasteiger partial charge in [-0.25, -0.2) is 4.98 Å². The topological polar surface area (TPSA) is 54.8 Å². The zero-order valence-electron chi connectivity index (χ0n) is 12.2. The quantitative estimate of drug-likeness (QED) is 0.787. The zero-order valence-corrected chi connectivity index (χ0v) is 13.1. The van der Waals surface area contributed by atoms with Crippen LogP contribution in [0.1, 0.15) is 22.7 Å². The lowest BCUT2D eigenvalue weighted by Crippen LogP contribution is -2.32. The largest absolute Gasteiger partial charge is 0.389 e. The summed E-state index contributed by atoms with van der Waals surface area (Å²) in [4.78, 5) is 7.54. The molecule has 6 heteroatoms. The zero-order chi connectivity index (χ0) is 14.4. The van der Waals surface area contributed by atoms with Gasteiger partial charge < -0.3 is 14.6 Å². The lowest BCUT2D eigenvalue weighted by atomic mass is 10.2. The summed E-state index contributed by atoms with van der Waals surface area (Å²) in [6.45, 7) is 5.22. The van der Waals surface area contributed by atoms with E-state index in [1.165, 1.54) is 4.88 Å². The highest BCUT2D eigenvalue weighted by Gasteiger charge is 2.16. The molecule has 0 aliphatic carbocycles. The fourth-order valence-electron chi connectivity index (χ4n) is 2.33. The second-order valence-corrected chi connectivity index (χ2v) is 6.69. The molecular weight excluding hydrogens is 276 g/mol. The summed E-state index contributed by atoms with van der Waals surface area (Å²) in [6, 6.07) is 0. The maximum Gasteiger partial charge on any atom is 0.0900 e. The molecule has 1 aliphatic heterocycles. The molecule has 1 saturated heterocycles. The highest BCUT2D eigenvalue weighted by Crippen LogP contribution is 2.14. The third kappa shape index (κ3) is 5.46. The number of rotatable bonds is 8. The van der Waals surface area contributed by atoms with Crippen molar-refractivity contribution in [3.63, 3.8) is 0 Å². The van der Waals surface area contributed by atoms with E-state index in [0.717, 1.165) is 31.0 Å². The fraction of sp³-hybridized carbons (Fsp3) is 0.786. The second-order valence-electron chi connectivity index (χ2n) is 5.37. The van der Waals surface area contributed by atoms with Gasteiger partial charge in [-0.15, -0.1) is 11.3 Å². The molecule has 1 aromatic heterocycles. The molecule has 1 N–H and O–H groups in total. The van der Waals surface area contributed by atoms with Gasteiger partial charge in [0.15, 0.2) is 0 Å². The van der Waals surface area contributed by atoms with E-state index in [1.807, 2.05) is 20.2 Å². The van der Waals surface area contributed by atoms with E-state index in [1.54, 1.807) is 11.3 Å². The summed E-state index contributed by atoms with van der Waals surface area (Å²) in [6.07, 6.45) is 3.85. The van der Waals surface area contributed by atoms with Crippen LogP contribution in [0, 0.1) is 6.92 Å². The van der Waals surface area contributed by atoms with Crippen molar-refractivity contribution in [3.05, 3.63) is 16.1 Å². The van der Waals surface area contributed by atoms with Crippen molar-refractivity contribution in [2.45, 2.75) is 38.5 Å². The molecule has 0 aromatic carbocycles. The number of aryl methyl sites for hydroxylation is 1. The Morgan fingerprint density at radius 3 is 3.15 bits per heavy atom. The van der Waals surface area contributed by atoms with E-state index in [9.17, 15) is 5.11 Å². The van der Waals surface area contributed by atoms with E-state index in [4.69, 9.17) is 9.47 Å². The Hall–Kier alpha value is -0.530. The van der Waals surface area contributed by atoms with Crippen molar-refractivity contribution in [1.82, 2.24) is 9.88 Å². The number of ether oxygens (including phenoxy) is 2. The van der Waals surface area contributed by atoms with Crippen molar-refractivity contribution in [2.24, 2.45) is 0 Å². The van der Waals surface area contributed by atoms with Crippen LogP contribution in [-0.2, 0) is 16.0 Å². The highest BCUT2D eigenvalue weighted by atomic mass is 32.1. The number of nitrogens with zero attached hydrogens (tertiary/aromatic N) is 2. The van der Waals surface area contributed by atoms with E-state index in [-0.39, 0.29) is 6.10 Å². The molecule has 0 saturated carbocycles. The van der Waals surface area contributed by atoms with Crippen LogP contribution < -0.4 is 0 Å². The number of aliphatic hydroxyl groups excluding tert-OH is 1. The van der Waals surface area contributed by atoms with Crippen molar-refractivity contribution < 1.29 is 14.6 Å². The second kappa shape index (κ2) is 8.05. The van der Waals surface area contributed by atoms with E-state index >= 15 is 0 Å². The molecule has 0 bridgehead atoms. The molecule has 114 valence electrons. The van der Waals surface area contributed by atoms with Gasteiger partial charge >= 0.3 is 0 Å². The summed E-state index contributed by atoms with van der Waals surface area (Å²) in [5.41, 5.74) is 0. The van der Waals surface area contributed by atoms with Gasteiger partial charge in [0, 0.05) is 30.8 Å². The molecular formula is C14H24N2O3S. The predicted octanol–water partition coefficient (Wildman–Crippen LogP) is 1.44.